The molecule has 2 heterocycles. The van der Waals surface area contributed by atoms with Crippen LogP contribution in [0.25, 0.3) is 11.0 Å². The maximum atomic E-state index is 13.5. The van der Waals surface area contributed by atoms with Crippen molar-refractivity contribution >= 4 is 27.0 Å². The van der Waals surface area contributed by atoms with Gasteiger partial charge >= 0.3 is 12.5 Å². The summed E-state index contributed by atoms with van der Waals surface area (Å²) in [5.41, 5.74) is 0.624. The highest BCUT2D eigenvalue weighted by molar-refractivity contribution is 7.89. The summed E-state index contributed by atoms with van der Waals surface area (Å²) in [6.45, 7) is -2.43. The van der Waals surface area contributed by atoms with Crippen LogP contribution in [0.3, 0.4) is 0 Å². The zero-order valence-electron chi connectivity index (χ0n) is 16.6. The van der Waals surface area contributed by atoms with Gasteiger partial charge in [-0.05, 0) is 43.2 Å². The summed E-state index contributed by atoms with van der Waals surface area (Å²) in [5.74, 6) is -0.912. The van der Waals surface area contributed by atoms with Crippen molar-refractivity contribution in [1.29, 1.82) is 0 Å². The van der Waals surface area contributed by atoms with Crippen molar-refractivity contribution in [2.75, 3.05) is 13.1 Å². The van der Waals surface area contributed by atoms with E-state index < -0.39 is 29.1 Å². The van der Waals surface area contributed by atoms with Crippen LogP contribution in [-0.4, -0.2) is 41.3 Å². The number of para-hydroxylation sites is 2. The van der Waals surface area contributed by atoms with Gasteiger partial charge in [-0.2, -0.15) is 13.1 Å². The number of rotatable bonds is 6. The molecule has 1 aliphatic rings. The molecule has 1 aromatic heterocycles. The molecule has 3 aromatic rings. The second-order valence-corrected chi connectivity index (χ2v) is 9.17. The van der Waals surface area contributed by atoms with Crippen molar-refractivity contribution in [2.45, 2.75) is 37.3 Å². The number of halogens is 2. The fraction of sp³-hybridized carbons (Fsp3) is 0.333. The van der Waals surface area contributed by atoms with Crippen LogP contribution in [0.15, 0.2) is 53.4 Å². The molecule has 0 unspecified atom stereocenters. The molecule has 10 heteroatoms. The van der Waals surface area contributed by atoms with Crippen molar-refractivity contribution in [3.05, 3.63) is 59.9 Å². The maximum Gasteiger partial charge on any atom is 0.338 e. The Morgan fingerprint density at radius 2 is 1.81 bits per heavy atom. The van der Waals surface area contributed by atoms with Gasteiger partial charge in [0, 0.05) is 13.1 Å². The van der Waals surface area contributed by atoms with Gasteiger partial charge in [-0.1, -0.05) is 24.6 Å². The fourth-order valence-corrected chi connectivity index (χ4v) is 5.23. The number of nitrogens with zero attached hydrogens (tertiary/aromatic N) is 3. The third kappa shape index (κ3) is 4.31. The van der Waals surface area contributed by atoms with Gasteiger partial charge in [0.05, 0.1) is 21.5 Å². The quantitative estimate of drug-likeness (QED) is 0.532. The number of carbonyl (C=O) groups excluding carboxylic acids is 1. The smallest absolute Gasteiger partial charge is 0.338 e. The SMILES string of the molecule is O=C(OCc1nc2ccccc2n1C(F)F)c1cccc(S(=O)(=O)N2CCCCC2)c1. The zero-order valence-corrected chi connectivity index (χ0v) is 17.4. The van der Waals surface area contributed by atoms with E-state index in [9.17, 15) is 22.0 Å². The molecule has 2 aromatic carbocycles. The molecule has 0 atom stereocenters. The van der Waals surface area contributed by atoms with Gasteiger partial charge in [0.1, 0.15) is 6.61 Å². The summed E-state index contributed by atoms with van der Waals surface area (Å²) in [6.07, 6.45) is 2.58. The molecule has 0 amide bonds. The second kappa shape index (κ2) is 8.72. The number of imidazole rings is 1. The molecule has 164 valence electrons. The number of hydrogen-bond donors (Lipinski definition) is 0. The first-order chi connectivity index (χ1) is 14.9. The van der Waals surface area contributed by atoms with Crippen LogP contribution in [0.2, 0.25) is 0 Å². The lowest BCUT2D eigenvalue weighted by molar-refractivity contribution is 0.0387. The lowest BCUT2D eigenvalue weighted by atomic mass is 10.2. The van der Waals surface area contributed by atoms with E-state index in [2.05, 4.69) is 4.98 Å². The lowest BCUT2D eigenvalue weighted by Crippen LogP contribution is -2.35. The van der Waals surface area contributed by atoms with Gasteiger partial charge in [0.2, 0.25) is 10.0 Å². The molecular formula is C21H21F2N3O4S. The number of aromatic nitrogens is 2. The standard InChI is InChI=1S/C21H21F2N3O4S/c22-21(23)26-18-10-3-2-9-17(18)24-19(26)14-30-20(27)15-7-6-8-16(13-15)31(28,29)25-11-4-1-5-12-25/h2-3,6-10,13,21H,1,4-5,11-12,14H2. The van der Waals surface area contributed by atoms with Crippen molar-refractivity contribution in [1.82, 2.24) is 13.9 Å². The number of fused-ring (bicyclic) bond motifs is 1. The first-order valence-corrected chi connectivity index (χ1v) is 11.3. The molecule has 0 N–H and O–H groups in total. The number of benzene rings is 2. The van der Waals surface area contributed by atoms with Gasteiger partial charge < -0.3 is 4.74 Å². The summed E-state index contributed by atoms with van der Waals surface area (Å²) in [7, 11) is -3.71. The Bertz CT molecular complexity index is 1200. The minimum absolute atomic E-state index is 0.00340. The third-order valence-electron chi connectivity index (χ3n) is 5.22. The molecule has 7 nitrogen and oxygen atoms in total. The lowest BCUT2D eigenvalue weighted by Gasteiger charge is -2.25. The van der Waals surface area contributed by atoms with Crippen LogP contribution >= 0.6 is 0 Å². The van der Waals surface area contributed by atoms with E-state index in [0.717, 1.165) is 19.3 Å². The van der Waals surface area contributed by atoms with E-state index in [0.29, 0.717) is 23.2 Å². The number of hydrogen-bond acceptors (Lipinski definition) is 5. The minimum atomic E-state index is -3.71. The molecule has 1 fully saturated rings. The van der Waals surface area contributed by atoms with E-state index in [-0.39, 0.29) is 21.8 Å². The molecule has 0 radical (unpaired) electrons. The summed E-state index contributed by atoms with van der Waals surface area (Å²) in [5, 5.41) is 0. The summed E-state index contributed by atoms with van der Waals surface area (Å²) in [4.78, 5) is 16.6. The van der Waals surface area contributed by atoms with Gasteiger partial charge in [-0.15, -0.1) is 0 Å². The molecule has 0 bridgehead atoms. The maximum absolute atomic E-state index is 13.5. The first kappa shape index (κ1) is 21.4. The number of alkyl halides is 2. The summed E-state index contributed by atoms with van der Waals surface area (Å²) in [6, 6.07) is 12.0. The topological polar surface area (TPSA) is 81.5 Å². The normalized spacial score (nSPS) is 15.5. The van der Waals surface area contributed by atoms with Crippen LogP contribution in [0.1, 0.15) is 42.0 Å². The molecule has 0 saturated carbocycles. The second-order valence-electron chi connectivity index (χ2n) is 7.23. The molecule has 0 aliphatic carbocycles. The Morgan fingerprint density at radius 1 is 1.06 bits per heavy atom. The number of sulfonamides is 1. The largest absolute Gasteiger partial charge is 0.454 e. The number of esters is 1. The van der Waals surface area contributed by atoms with Crippen molar-refractivity contribution in [2.24, 2.45) is 0 Å². The average molecular weight is 449 g/mol. The van der Waals surface area contributed by atoms with Crippen LogP contribution in [0.5, 0.6) is 0 Å². The van der Waals surface area contributed by atoms with Gasteiger partial charge in [-0.3, -0.25) is 4.57 Å². The highest BCUT2D eigenvalue weighted by Crippen LogP contribution is 2.24. The predicted octanol–water partition coefficient (Wildman–Crippen LogP) is 3.96. The van der Waals surface area contributed by atoms with Crippen LogP contribution in [0, 0.1) is 0 Å². The van der Waals surface area contributed by atoms with E-state index in [4.69, 9.17) is 4.74 Å². The third-order valence-corrected chi connectivity index (χ3v) is 7.11. The Hall–Kier alpha value is -2.85. The Kier molecular flexibility index (Phi) is 6.01. The molecule has 0 spiro atoms. The Balaban J connectivity index is 1.53. The predicted molar refractivity (Wildman–Crippen MR) is 109 cm³/mol. The summed E-state index contributed by atoms with van der Waals surface area (Å²) >= 11 is 0. The summed E-state index contributed by atoms with van der Waals surface area (Å²) < 4.78 is 60.0. The average Bonchev–Trinajstić information content (AvgIpc) is 3.17. The van der Waals surface area contributed by atoms with Crippen LogP contribution in [0.4, 0.5) is 8.78 Å². The first-order valence-electron chi connectivity index (χ1n) is 9.89. The molecule has 4 rings (SSSR count). The van der Waals surface area contributed by atoms with E-state index in [1.54, 1.807) is 18.2 Å². The van der Waals surface area contributed by atoms with E-state index >= 15 is 0 Å². The highest BCUT2D eigenvalue weighted by Gasteiger charge is 2.27. The Labute approximate surface area is 178 Å². The van der Waals surface area contributed by atoms with Crippen molar-refractivity contribution < 1.29 is 26.7 Å². The van der Waals surface area contributed by atoms with Crippen LogP contribution in [-0.2, 0) is 21.4 Å². The van der Waals surface area contributed by atoms with Crippen LogP contribution < -0.4 is 0 Å². The highest BCUT2D eigenvalue weighted by atomic mass is 32.2. The van der Waals surface area contributed by atoms with Crippen molar-refractivity contribution in [3.8, 4) is 0 Å². The molecular weight excluding hydrogens is 428 g/mol. The zero-order chi connectivity index (χ0) is 22.0. The molecule has 31 heavy (non-hydrogen) atoms. The van der Waals surface area contributed by atoms with E-state index in [1.165, 1.54) is 34.6 Å². The van der Waals surface area contributed by atoms with Gasteiger partial charge in [-0.25, -0.2) is 18.2 Å². The molecule has 1 aliphatic heterocycles. The van der Waals surface area contributed by atoms with Crippen molar-refractivity contribution in [3.63, 3.8) is 0 Å². The monoisotopic (exact) mass is 449 g/mol. The van der Waals surface area contributed by atoms with Gasteiger partial charge in [0.15, 0.2) is 5.82 Å². The number of piperidine rings is 1. The fourth-order valence-electron chi connectivity index (χ4n) is 3.67. The number of ether oxygens (including phenoxy) is 1. The minimum Gasteiger partial charge on any atom is -0.454 e. The number of carbonyl (C=O) groups is 1. The molecule has 1 saturated heterocycles. The van der Waals surface area contributed by atoms with Gasteiger partial charge in [0.25, 0.3) is 0 Å². The van der Waals surface area contributed by atoms with E-state index in [1.807, 2.05) is 0 Å². The Morgan fingerprint density at radius 3 is 2.55 bits per heavy atom.